The van der Waals surface area contributed by atoms with E-state index in [1.54, 1.807) is 0 Å². The summed E-state index contributed by atoms with van der Waals surface area (Å²) in [6.07, 6.45) is 4.51. The number of hydrogen-bond donors (Lipinski definition) is 1. The van der Waals surface area contributed by atoms with Gasteiger partial charge in [0.25, 0.3) is 0 Å². The fourth-order valence-electron chi connectivity index (χ4n) is 2.87. The van der Waals surface area contributed by atoms with Gasteiger partial charge < -0.3 is 9.67 Å². The average Bonchev–Trinajstić information content (AvgIpc) is 2.59. The van der Waals surface area contributed by atoms with Gasteiger partial charge in [-0.2, -0.15) is 0 Å². The first-order chi connectivity index (χ1) is 8.15. The molecule has 2 aromatic rings. The van der Waals surface area contributed by atoms with Crippen LogP contribution in [0, 0.1) is 0 Å². The Morgan fingerprint density at radius 2 is 2.12 bits per heavy atom. The number of aliphatic carboxylic acids is 1. The molecule has 1 aliphatic rings. The molecule has 1 N–H and O–H groups in total. The number of fused-ring (bicyclic) bond motifs is 1. The molecule has 3 rings (SSSR count). The lowest BCUT2D eigenvalue weighted by Crippen LogP contribution is -2.42. The third-order valence-corrected chi connectivity index (χ3v) is 4.03. The summed E-state index contributed by atoms with van der Waals surface area (Å²) in [7, 11) is 1.97. The Bertz CT molecular complexity index is 593. The molecule has 1 aliphatic carbocycles. The Morgan fingerprint density at radius 3 is 2.71 bits per heavy atom. The summed E-state index contributed by atoms with van der Waals surface area (Å²) in [5.41, 5.74) is 1.39. The topological polar surface area (TPSA) is 42.2 Å². The van der Waals surface area contributed by atoms with Crippen molar-refractivity contribution in [3.8, 4) is 0 Å². The van der Waals surface area contributed by atoms with Crippen LogP contribution in [0.3, 0.4) is 0 Å². The van der Waals surface area contributed by atoms with Crippen molar-refractivity contribution in [1.29, 1.82) is 0 Å². The molecule has 3 heteroatoms. The highest BCUT2D eigenvalue weighted by Crippen LogP contribution is 2.46. The summed E-state index contributed by atoms with van der Waals surface area (Å²) in [6.45, 7) is 0. The van der Waals surface area contributed by atoms with E-state index >= 15 is 0 Å². The summed E-state index contributed by atoms with van der Waals surface area (Å²) >= 11 is 0. The third-order valence-electron chi connectivity index (χ3n) is 4.03. The quantitative estimate of drug-likeness (QED) is 0.860. The molecular weight excluding hydrogens is 214 g/mol. The van der Waals surface area contributed by atoms with Gasteiger partial charge in [0.15, 0.2) is 0 Å². The number of hydrogen-bond acceptors (Lipinski definition) is 1. The highest BCUT2D eigenvalue weighted by molar-refractivity contribution is 5.92. The number of carboxylic acids is 1. The fourth-order valence-corrected chi connectivity index (χ4v) is 2.87. The summed E-state index contributed by atoms with van der Waals surface area (Å²) in [5, 5.41) is 10.6. The lowest BCUT2D eigenvalue weighted by atomic mass is 9.64. The van der Waals surface area contributed by atoms with Gasteiger partial charge >= 0.3 is 5.97 Å². The number of aryl methyl sites for hydroxylation is 1. The molecule has 0 aliphatic heterocycles. The molecule has 1 heterocycles. The molecule has 1 aromatic heterocycles. The summed E-state index contributed by atoms with van der Waals surface area (Å²) in [5.74, 6) is -0.683. The second-order valence-corrected chi connectivity index (χ2v) is 4.91. The van der Waals surface area contributed by atoms with Crippen LogP contribution in [-0.4, -0.2) is 15.6 Å². The van der Waals surface area contributed by atoms with Crippen molar-refractivity contribution in [3.05, 3.63) is 36.0 Å². The van der Waals surface area contributed by atoms with Crippen LogP contribution in [0.4, 0.5) is 0 Å². The number of benzene rings is 1. The van der Waals surface area contributed by atoms with E-state index in [9.17, 15) is 9.90 Å². The van der Waals surface area contributed by atoms with E-state index in [4.69, 9.17) is 0 Å². The first-order valence-corrected chi connectivity index (χ1v) is 5.93. The monoisotopic (exact) mass is 229 g/mol. The van der Waals surface area contributed by atoms with Crippen molar-refractivity contribution in [3.63, 3.8) is 0 Å². The standard InChI is InChI=1S/C14H15NO2/c1-15-9-6-10-4-2-5-11(12(10)15)14(13(16)17)7-3-8-14/h2,4-6,9H,3,7-8H2,1H3,(H,16,17). The highest BCUT2D eigenvalue weighted by Gasteiger charge is 2.47. The summed E-state index contributed by atoms with van der Waals surface area (Å²) in [6, 6.07) is 8.00. The molecule has 88 valence electrons. The number of aromatic nitrogens is 1. The van der Waals surface area contributed by atoms with Crippen molar-refractivity contribution >= 4 is 16.9 Å². The molecule has 0 radical (unpaired) electrons. The smallest absolute Gasteiger partial charge is 0.314 e. The lowest BCUT2D eigenvalue weighted by Gasteiger charge is -2.38. The van der Waals surface area contributed by atoms with Crippen LogP contribution in [0.25, 0.3) is 10.9 Å². The van der Waals surface area contributed by atoms with E-state index in [1.165, 1.54) is 0 Å². The summed E-state index contributed by atoms with van der Waals surface area (Å²) in [4.78, 5) is 11.6. The second kappa shape index (κ2) is 3.36. The highest BCUT2D eigenvalue weighted by atomic mass is 16.4. The molecule has 0 unspecified atom stereocenters. The van der Waals surface area contributed by atoms with Gasteiger partial charge in [0.05, 0.1) is 10.9 Å². The van der Waals surface area contributed by atoms with E-state index in [1.807, 2.05) is 42.1 Å². The van der Waals surface area contributed by atoms with Crippen LogP contribution < -0.4 is 0 Å². The Balaban J connectivity index is 2.30. The van der Waals surface area contributed by atoms with E-state index in [2.05, 4.69) is 0 Å². The van der Waals surface area contributed by atoms with Crippen molar-refractivity contribution in [2.24, 2.45) is 7.05 Å². The van der Waals surface area contributed by atoms with Crippen molar-refractivity contribution in [1.82, 2.24) is 4.57 Å². The van der Waals surface area contributed by atoms with Crippen LogP contribution in [0.5, 0.6) is 0 Å². The van der Waals surface area contributed by atoms with Gasteiger partial charge in [-0.3, -0.25) is 4.79 Å². The number of carboxylic acid groups (broad SMARTS) is 1. The minimum absolute atomic E-state index is 0.647. The van der Waals surface area contributed by atoms with Gasteiger partial charge in [-0.15, -0.1) is 0 Å². The molecule has 0 bridgehead atoms. The second-order valence-electron chi connectivity index (χ2n) is 4.91. The Labute approximate surface area is 99.7 Å². The van der Waals surface area contributed by atoms with Crippen LogP contribution in [0.1, 0.15) is 24.8 Å². The van der Waals surface area contributed by atoms with Gasteiger partial charge in [-0.05, 0) is 29.9 Å². The average molecular weight is 229 g/mol. The normalized spacial score (nSPS) is 17.9. The molecule has 0 amide bonds. The zero-order valence-corrected chi connectivity index (χ0v) is 9.81. The zero-order valence-electron chi connectivity index (χ0n) is 9.81. The Morgan fingerprint density at radius 1 is 1.35 bits per heavy atom. The number of rotatable bonds is 2. The predicted octanol–water partition coefficient (Wildman–Crippen LogP) is 2.68. The Kier molecular flexibility index (Phi) is 2.05. The SMILES string of the molecule is Cn1ccc2cccc(C3(C(=O)O)CCC3)c21. The van der Waals surface area contributed by atoms with Crippen LogP contribution in [-0.2, 0) is 17.3 Å². The molecule has 1 fully saturated rings. The van der Waals surface area contributed by atoms with Gasteiger partial charge in [-0.1, -0.05) is 24.6 Å². The van der Waals surface area contributed by atoms with Crippen molar-refractivity contribution in [2.45, 2.75) is 24.7 Å². The van der Waals surface area contributed by atoms with E-state index in [-0.39, 0.29) is 0 Å². The maximum Gasteiger partial charge on any atom is 0.314 e. The molecule has 1 saturated carbocycles. The molecular formula is C14H15NO2. The molecule has 0 spiro atoms. The number of para-hydroxylation sites is 1. The number of carbonyl (C=O) groups is 1. The maximum atomic E-state index is 11.6. The minimum atomic E-state index is -0.683. The van der Waals surface area contributed by atoms with Crippen LogP contribution in [0.15, 0.2) is 30.5 Å². The zero-order chi connectivity index (χ0) is 12.0. The number of nitrogens with zero attached hydrogens (tertiary/aromatic N) is 1. The third kappa shape index (κ3) is 1.25. The molecule has 3 nitrogen and oxygen atoms in total. The van der Waals surface area contributed by atoms with Gasteiger partial charge in [0.1, 0.15) is 0 Å². The van der Waals surface area contributed by atoms with Crippen LogP contribution in [0.2, 0.25) is 0 Å². The molecule has 17 heavy (non-hydrogen) atoms. The van der Waals surface area contributed by atoms with E-state index < -0.39 is 11.4 Å². The fraction of sp³-hybridized carbons (Fsp3) is 0.357. The first kappa shape index (κ1) is 10.4. The van der Waals surface area contributed by atoms with Crippen molar-refractivity contribution < 1.29 is 9.90 Å². The Hall–Kier alpha value is -1.77. The predicted molar refractivity (Wildman–Crippen MR) is 66.1 cm³/mol. The van der Waals surface area contributed by atoms with E-state index in [0.29, 0.717) is 0 Å². The minimum Gasteiger partial charge on any atom is -0.481 e. The molecule has 0 atom stereocenters. The van der Waals surface area contributed by atoms with Gasteiger partial charge in [0.2, 0.25) is 0 Å². The van der Waals surface area contributed by atoms with Gasteiger partial charge in [-0.25, -0.2) is 0 Å². The molecule has 1 aromatic carbocycles. The summed E-state index contributed by atoms with van der Waals surface area (Å²) < 4.78 is 2.02. The van der Waals surface area contributed by atoms with E-state index in [0.717, 1.165) is 35.7 Å². The van der Waals surface area contributed by atoms with Crippen molar-refractivity contribution in [2.75, 3.05) is 0 Å². The largest absolute Gasteiger partial charge is 0.481 e. The lowest BCUT2D eigenvalue weighted by molar-refractivity contribution is -0.147. The molecule has 0 saturated heterocycles. The van der Waals surface area contributed by atoms with Gasteiger partial charge in [0, 0.05) is 13.2 Å². The van der Waals surface area contributed by atoms with Crippen LogP contribution >= 0.6 is 0 Å². The maximum absolute atomic E-state index is 11.6. The first-order valence-electron chi connectivity index (χ1n) is 5.93.